The van der Waals surface area contributed by atoms with E-state index in [-0.39, 0.29) is 10.6 Å². The summed E-state index contributed by atoms with van der Waals surface area (Å²) in [6, 6.07) is 8.98. The van der Waals surface area contributed by atoms with Crippen LogP contribution in [-0.4, -0.2) is 23.3 Å². The minimum atomic E-state index is -5.12. The number of nitrogens with zero attached hydrogens (tertiary/aromatic N) is 1. The zero-order chi connectivity index (χ0) is 17.0. The van der Waals surface area contributed by atoms with E-state index >= 15 is 0 Å². The van der Waals surface area contributed by atoms with E-state index in [0.717, 1.165) is 11.3 Å². The van der Waals surface area contributed by atoms with Gasteiger partial charge in [-0.1, -0.05) is 23.7 Å². The van der Waals surface area contributed by atoms with Crippen molar-refractivity contribution in [2.24, 2.45) is 4.99 Å². The number of thiophene rings is 1. The molecule has 3 nitrogen and oxygen atoms in total. The number of halogens is 4. The van der Waals surface area contributed by atoms with Gasteiger partial charge in [-0.25, -0.2) is 0 Å². The Bertz CT molecular complexity index is 767. The second-order valence-corrected chi connectivity index (χ2v) is 5.69. The number of Topliss-reactive ketones (excluding diaryl/α,β-unsaturated/α-hetero) is 1. The molecule has 1 N–H and O–H groups in total. The highest BCUT2D eigenvalue weighted by atomic mass is 35.5. The molecule has 2 aromatic rings. The number of aliphatic hydroxyl groups excluding tert-OH is 1. The zero-order valence-corrected chi connectivity index (χ0v) is 12.9. The Labute approximate surface area is 138 Å². The number of carbonyl (C=O) groups excluding carboxylic acids is 1. The van der Waals surface area contributed by atoms with Crippen molar-refractivity contribution in [1.29, 1.82) is 0 Å². The highest BCUT2D eigenvalue weighted by molar-refractivity contribution is 7.11. The number of hydrogen-bond acceptors (Lipinski definition) is 4. The average Bonchev–Trinajstić information content (AvgIpc) is 3.00. The highest BCUT2D eigenvalue weighted by Gasteiger charge is 2.41. The van der Waals surface area contributed by atoms with Gasteiger partial charge < -0.3 is 5.11 Å². The molecular formula is C15H9ClF3NO2S. The first-order chi connectivity index (χ1) is 10.8. The molecule has 8 heteroatoms. The molecule has 0 spiro atoms. The van der Waals surface area contributed by atoms with Gasteiger partial charge in [-0.2, -0.15) is 13.2 Å². The quantitative estimate of drug-likeness (QED) is 0.463. The number of rotatable bonds is 4. The van der Waals surface area contributed by atoms with Crippen molar-refractivity contribution in [1.82, 2.24) is 0 Å². The number of hydrogen-bond donors (Lipinski definition) is 1. The molecule has 0 unspecified atom stereocenters. The largest absolute Gasteiger partial charge is 0.506 e. The van der Waals surface area contributed by atoms with Gasteiger partial charge in [-0.05, 0) is 29.6 Å². The molecule has 0 aliphatic heterocycles. The maximum absolute atomic E-state index is 12.7. The van der Waals surface area contributed by atoms with Crippen molar-refractivity contribution >= 4 is 46.4 Å². The maximum atomic E-state index is 12.7. The van der Waals surface area contributed by atoms with E-state index in [1.165, 1.54) is 18.2 Å². The summed E-state index contributed by atoms with van der Waals surface area (Å²) in [7, 11) is 0. The van der Waals surface area contributed by atoms with Crippen LogP contribution < -0.4 is 0 Å². The van der Waals surface area contributed by atoms with Crippen molar-refractivity contribution < 1.29 is 23.1 Å². The van der Waals surface area contributed by atoms with Crippen LogP contribution >= 0.6 is 22.9 Å². The number of benzene rings is 1. The normalized spacial score (nSPS) is 13.2. The average molecular weight is 360 g/mol. The summed E-state index contributed by atoms with van der Waals surface area (Å²) in [6.45, 7) is 0. The van der Waals surface area contributed by atoms with Gasteiger partial charge in [0.1, 0.15) is 5.76 Å². The molecule has 0 saturated heterocycles. The van der Waals surface area contributed by atoms with E-state index in [1.807, 2.05) is 0 Å². The molecule has 0 radical (unpaired) electrons. The molecule has 2 rings (SSSR count). The third-order valence-corrected chi connectivity index (χ3v) is 3.77. The summed E-state index contributed by atoms with van der Waals surface area (Å²) in [5.74, 6) is -2.94. The highest BCUT2D eigenvalue weighted by Crippen LogP contribution is 2.27. The maximum Gasteiger partial charge on any atom is 0.455 e. The lowest BCUT2D eigenvalue weighted by molar-refractivity contribution is -0.165. The Balaban J connectivity index is 2.46. The first-order valence-corrected chi connectivity index (χ1v) is 7.43. The summed E-state index contributed by atoms with van der Waals surface area (Å²) in [5.41, 5.74) is -0.677. The van der Waals surface area contributed by atoms with Gasteiger partial charge in [0.05, 0.1) is 16.1 Å². The number of aliphatic imine (C=N–C) groups is 1. The summed E-state index contributed by atoms with van der Waals surface area (Å²) in [6.07, 6.45) is -4.43. The standard InChI is InChI=1S/C15H9ClF3NO2S/c16-9-3-1-4-10(7-9)20-8-11(14(22)15(17,18)19)13(21)12-5-2-6-23-12/h1-8,21H. The molecule has 120 valence electrons. The van der Waals surface area contributed by atoms with Crippen LogP contribution in [0.3, 0.4) is 0 Å². The molecule has 0 atom stereocenters. The third-order valence-electron chi connectivity index (χ3n) is 2.66. The van der Waals surface area contributed by atoms with Crippen LogP contribution in [0.25, 0.3) is 5.76 Å². The van der Waals surface area contributed by atoms with Gasteiger partial charge in [0.25, 0.3) is 5.78 Å². The van der Waals surface area contributed by atoms with E-state index in [9.17, 15) is 23.1 Å². The van der Waals surface area contributed by atoms with Crippen LogP contribution in [0.1, 0.15) is 4.88 Å². The van der Waals surface area contributed by atoms with Gasteiger partial charge in [0, 0.05) is 11.2 Å². The lowest BCUT2D eigenvalue weighted by Gasteiger charge is -2.08. The Morgan fingerprint density at radius 1 is 1.26 bits per heavy atom. The van der Waals surface area contributed by atoms with Gasteiger partial charge in [-0.15, -0.1) is 11.3 Å². The summed E-state index contributed by atoms with van der Waals surface area (Å²) >= 11 is 6.76. The smallest absolute Gasteiger partial charge is 0.455 e. The monoisotopic (exact) mass is 359 g/mol. The number of carbonyl (C=O) groups is 1. The topological polar surface area (TPSA) is 49.7 Å². The van der Waals surface area contributed by atoms with E-state index < -0.39 is 23.3 Å². The molecular weight excluding hydrogens is 351 g/mol. The van der Waals surface area contributed by atoms with Crippen molar-refractivity contribution in [3.63, 3.8) is 0 Å². The second kappa shape index (κ2) is 6.97. The van der Waals surface area contributed by atoms with E-state index in [4.69, 9.17) is 11.6 Å². The van der Waals surface area contributed by atoms with E-state index in [2.05, 4.69) is 4.99 Å². The Kier molecular flexibility index (Phi) is 5.23. The van der Waals surface area contributed by atoms with Crippen LogP contribution in [0.15, 0.2) is 52.3 Å². The van der Waals surface area contributed by atoms with Crippen molar-refractivity contribution in [2.75, 3.05) is 0 Å². The predicted molar refractivity (Wildman–Crippen MR) is 84.5 cm³/mol. The third kappa shape index (κ3) is 4.43. The van der Waals surface area contributed by atoms with Crippen LogP contribution in [0.2, 0.25) is 5.02 Å². The minimum Gasteiger partial charge on any atom is -0.506 e. The lowest BCUT2D eigenvalue weighted by Crippen LogP contribution is -2.26. The van der Waals surface area contributed by atoms with Crippen molar-refractivity contribution in [3.05, 3.63) is 57.3 Å². The second-order valence-electron chi connectivity index (χ2n) is 4.30. The SMILES string of the molecule is O=C(C(C=Nc1cccc(Cl)c1)=C(O)c1cccs1)C(F)(F)F. The Morgan fingerprint density at radius 3 is 2.57 bits per heavy atom. The number of allylic oxidation sites excluding steroid dienone is 1. The number of alkyl halides is 3. The molecule has 0 saturated carbocycles. The van der Waals surface area contributed by atoms with E-state index in [1.54, 1.807) is 23.6 Å². The van der Waals surface area contributed by atoms with E-state index in [0.29, 0.717) is 11.2 Å². The van der Waals surface area contributed by atoms with Crippen LogP contribution in [0.5, 0.6) is 0 Å². The fraction of sp³-hybridized carbons (Fsp3) is 0.0667. The molecule has 1 heterocycles. The van der Waals surface area contributed by atoms with Crippen LogP contribution in [0.4, 0.5) is 18.9 Å². The number of ketones is 1. The predicted octanol–water partition coefficient (Wildman–Crippen LogP) is 5.20. The van der Waals surface area contributed by atoms with Gasteiger partial charge in [0.15, 0.2) is 0 Å². The molecule has 0 aliphatic rings. The summed E-state index contributed by atoms with van der Waals surface area (Å²) in [4.78, 5) is 15.5. The lowest BCUT2D eigenvalue weighted by atomic mass is 10.1. The first kappa shape index (κ1) is 17.2. The summed E-state index contributed by atoms with van der Waals surface area (Å²) in [5, 5.41) is 11.9. The minimum absolute atomic E-state index is 0.134. The fourth-order valence-corrected chi connectivity index (χ4v) is 2.49. The zero-order valence-electron chi connectivity index (χ0n) is 11.3. The molecule has 1 aromatic heterocycles. The molecule has 0 amide bonds. The van der Waals surface area contributed by atoms with Crippen molar-refractivity contribution in [3.8, 4) is 0 Å². The Morgan fingerprint density at radius 2 is 2.00 bits per heavy atom. The summed E-state index contributed by atoms with van der Waals surface area (Å²) < 4.78 is 38.2. The van der Waals surface area contributed by atoms with Gasteiger partial charge in [-0.3, -0.25) is 9.79 Å². The molecule has 1 aromatic carbocycles. The molecule has 0 aliphatic carbocycles. The van der Waals surface area contributed by atoms with Gasteiger partial charge in [0.2, 0.25) is 0 Å². The molecule has 0 fully saturated rings. The van der Waals surface area contributed by atoms with Gasteiger partial charge >= 0.3 is 6.18 Å². The first-order valence-electron chi connectivity index (χ1n) is 6.17. The fourth-order valence-electron chi connectivity index (χ4n) is 1.62. The molecule has 0 bridgehead atoms. The Hall–Kier alpha value is -2.12. The van der Waals surface area contributed by atoms with Crippen molar-refractivity contribution in [2.45, 2.75) is 6.18 Å². The van der Waals surface area contributed by atoms with Crippen LogP contribution in [-0.2, 0) is 4.79 Å². The van der Waals surface area contributed by atoms with Crippen LogP contribution in [0, 0.1) is 0 Å². The number of aliphatic hydroxyl groups is 1. The molecule has 23 heavy (non-hydrogen) atoms.